The minimum Gasteiger partial charge on any atom is -0.149 e. The summed E-state index contributed by atoms with van der Waals surface area (Å²) in [5.74, 6) is 0. The molecule has 0 nitrogen and oxygen atoms in total. The van der Waals surface area contributed by atoms with Crippen LogP contribution in [0.15, 0.2) is 17.5 Å². The highest BCUT2D eigenvalue weighted by Crippen LogP contribution is 2.09. The van der Waals surface area contributed by atoms with Crippen LogP contribution in [0.2, 0.25) is 0 Å². The molecular weight excluding hydrogens is 148 g/mol. The maximum Gasteiger partial charge on any atom is 0.00485 e. The van der Waals surface area contributed by atoms with Crippen molar-refractivity contribution in [2.45, 2.75) is 12.8 Å². The van der Waals surface area contributed by atoms with Crippen molar-refractivity contribution in [3.63, 3.8) is 0 Å². The molecule has 0 aromatic carbocycles. The van der Waals surface area contributed by atoms with E-state index in [9.17, 15) is 0 Å². The van der Waals surface area contributed by atoms with Crippen molar-refractivity contribution in [3.8, 4) is 0 Å². The molecule has 2 heteroatoms. The summed E-state index contributed by atoms with van der Waals surface area (Å²) < 4.78 is 0. The highest BCUT2D eigenvalue weighted by atomic mass is 32.1. The number of thiophene rings is 1. The van der Waals surface area contributed by atoms with E-state index in [2.05, 4.69) is 17.5 Å². The van der Waals surface area contributed by atoms with E-state index in [1.807, 2.05) is 0 Å². The molecule has 9 heavy (non-hydrogen) atoms. The smallest absolute Gasteiger partial charge is 0.00485 e. The average Bonchev–Trinajstić information content (AvgIpc) is 2.34. The standard InChI is InChI=1S/C7H8S2/c8-5-1-3-7-4-2-6-9-7/h2,4-6H,1,3H2. The molecule has 0 aliphatic carbocycles. The van der Waals surface area contributed by atoms with Gasteiger partial charge >= 0.3 is 0 Å². The third kappa shape index (κ3) is 2.24. The van der Waals surface area contributed by atoms with Crippen LogP contribution in [0.1, 0.15) is 11.3 Å². The van der Waals surface area contributed by atoms with Gasteiger partial charge in [-0.25, -0.2) is 0 Å². The highest BCUT2D eigenvalue weighted by molar-refractivity contribution is 7.78. The lowest BCUT2D eigenvalue weighted by atomic mass is 10.3. The zero-order valence-corrected chi connectivity index (χ0v) is 6.67. The lowest BCUT2D eigenvalue weighted by molar-refractivity contribution is 1.10. The average molecular weight is 156 g/mol. The number of thiocarbonyl (C=S) groups is 1. The Morgan fingerprint density at radius 1 is 1.67 bits per heavy atom. The molecule has 0 unspecified atom stereocenters. The number of aryl methyl sites for hydroxylation is 1. The van der Waals surface area contributed by atoms with Crippen LogP contribution in [-0.2, 0) is 6.42 Å². The van der Waals surface area contributed by atoms with E-state index in [-0.39, 0.29) is 0 Å². The predicted molar refractivity (Wildman–Crippen MR) is 46.3 cm³/mol. The molecular formula is C7H8S2. The second-order valence-corrected chi connectivity index (χ2v) is 3.15. The molecule has 0 spiro atoms. The Morgan fingerprint density at radius 3 is 3.11 bits per heavy atom. The van der Waals surface area contributed by atoms with Gasteiger partial charge in [0, 0.05) is 4.88 Å². The largest absolute Gasteiger partial charge is 0.149 e. The van der Waals surface area contributed by atoms with Crippen LogP contribution >= 0.6 is 23.6 Å². The minimum absolute atomic E-state index is 1.02. The van der Waals surface area contributed by atoms with E-state index in [0.29, 0.717) is 0 Å². The summed E-state index contributed by atoms with van der Waals surface area (Å²) in [4.78, 5) is 1.43. The van der Waals surface area contributed by atoms with Gasteiger partial charge in [-0.2, -0.15) is 0 Å². The molecule has 1 heterocycles. The maximum absolute atomic E-state index is 4.70. The summed E-state index contributed by atoms with van der Waals surface area (Å²) in [6.45, 7) is 0. The molecule has 0 saturated heterocycles. The molecule has 48 valence electrons. The van der Waals surface area contributed by atoms with E-state index >= 15 is 0 Å². The fourth-order valence-corrected chi connectivity index (χ4v) is 1.50. The van der Waals surface area contributed by atoms with Gasteiger partial charge in [-0.15, -0.1) is 11.3 Å². The Labute approximate surface area is 64.5 Å². The summed E-state index contributed by atoms with van der Waals surface area (Å²) in [5.41, 5.74) is 0. The Hall–Kier alpha value is -0.210. The van der Waals surface area contributed by atoms with Crippen LogP contribution in [0, 0.1) is 0 Å². The fraction of sp³-hybridized carbons (Fsp3) is 0.286. The fourth-order valence-electron chi connectivity index (χ4n) is 0.656. The van der Waals surface area contributed by atoms with Gasteiger partial charge in [0.15, 0.2) is 0 Å². The first-order valence-corrected chi connectivity index (χ1v) is 4.24. The zero-order valence-electron chi connectivity index (χ0n) is 5.04. The van der Waals surface area contributed by atoms with Gasteiger partial charge in [-0.05, 0) is 29.7 Å². The first-order valence-electron chi connectivity index (χ1n) is 2.89. The van der Waals surface area contributed by atoms with E-state index in [1.165, 1.54) is 4.88 Å². The van der Waals surface area contributed by atoms with Gasteiger partial charge in [0.1, 0.15) is 0 Å². The van der Waals surface area contributed by atoms with Gasteiger partial charge < -0.3 is 0 Å². The monoisotopic (exact) mass is 156 g/mol. The van der Waals surface area contributed by atoms with Gasteiger partial charge in [0.2, 0.25) is 0 Å². The molecule has 0 N–H and O–H groups in total. The van der Waals surface area contributed by atoms with Crippen molar-refractivity contribution in [1.82, 2.24) is 0 Å². The van der Waals surface area contributed by atoms with Gasteiger partial charge in [-0.3, -0.25) is 0 Å². The van der Waals surface area contributed by atoms with Gasteiger partial charge in [0.05, 0.1) is 0 Å². The third-order valence-electron chi connectivity index (χ3n) is 1.09. The van der Waals surface area contributed by atoms with E-state index in [1.54, 1.807) is 16.7 Å². The normalized spacial score (nSPS) is 9.33. The molecule has 0 amide bonds. The molecule has 0 atom stereocenters. The minimum atomic E-state index is 1.02. The Morgan fingerprint density at radius 2 is 2.56 bits per heavy atom. The molecule has 0 radical (unpaired) electrons. The first-order chi connectivity index (χ1) is 4.43. The van der Waals surface area contributed by atoms with Crippen LogP contribution in [0.25, 0.3) is 0 Å². The quantitative estimate of drug-likeness (QED) is 0.606. The molecule has 0 aliphatic rings. The topological polar surface area (TPSA) is 0 Å². The highest BCUT2D eigenvalue weighted by Gasteiger charge is 1.88. The molecule has 1 rings (SSSR count). The van der Waals surface area contributed by atoms with Crippen LogP contribution in [0.5, 0.6) is 0 Å². The second kappa shape index (κ2) is 3.75. The van der Waals surface area contributed by atoms with E-state index < -0.39 is 0 Å². The summed E-state index contributed by atoms with van der Waals surface area (Å²) in [6.07, 6.45) is 2.14. The van der Waals surface area contributed by atoms with E-state index in [0.717, 1.165) is 12.8 Å². The van der Waals surface area contributed by atoms with E-state index in [4.69, 9.17) is 12.2 Å². The van der Waals surface area contributed by atoms with Crippen LogP contribution in [-0.4, -0.2) is 5.37 Å². The Bertz CT molecular complexity index is 165. The molecule has 0 bridgehead atoms. The van der Waals surface area contributed by atoms with Crippen LogP contribution in [0.3, 0.4) is 0 Å². The summed E-state index contributed by atoms with van der Waals surface area (Å²) in [5, 5.41) is 3.89. The van der Waals surface area contributed by atoms with Crippen molar-refractivity contribution >= 4 is 28.9 Å². The Kier molecular flexibility index (Phi) is 2.87. The third-order valence-corrected chi connectivity index (χ3v) is 2.26. The van der Waals surface area contributed by atoms with Crippen molar-refractivity contribution < 1.29 is 0 Å². The Balaban J connectivity index is 2.38. The zero-order chi connectivity index (χ0) is 6.53. The lowest BCUT2D eigenvalue weighted by Gasteiger charge is -1.86. The molecule has 1 aromatic heterocycles. The number of hydrogen-bond acceptors (Lipinski definition) is 2. The molecule has 0 saturated carbocycles. The predicted octanol–water partition coefficient (Wildman–Crippen LogP) is 2.68. The molecule has 0 fully saturated rings. The van der Waals surface area contributed by atoms with Gasteiger partial charge in [0.25, 0.3) is 0 Å². The van der Waals surface area contributed by atoms with Crippen LogP contribution < -0.4 is 0 Å². The second-order valence-electron chi connectivity index (χ2n) is 1.78. The van der Waals surface area contributed by atoms with Crippen LogP contribution in [0.4, 0.5) is 0 Å². The maximum atomic E-state index is 4.70. The van der Waals surface area contributed by atoms with Crippen molar-refractivity contribution in [2.24, 2.45) is 0 Å². The first kappa shape index (κ1) is 6.90. The lowest BCUT2D eigenvalue weighted by Crippen LogP contribution is -1.77. The van der Waals surface area contributed by atoms with Crippen molar-refractivity contribution in [2.75, 3.05) is 0 Å². The summed E-state index contributed by atoms with van der Waals surface area (Å²) in [7, 11) is 0. The molecule has 1 aromatic rings. The summed E-state index contributed by atoms with van der Waals surface area (Å²) in [6, 6.07) is 4.22. The number of hydrogen-bond donors (Lipinski definition) is 0. The van der Waals surface area contributed by atoms with Gasteiger partial charge in [-0.1, -0.05) is 18.3 Å². The van der Waals surface area contributed by atoms with Crippen molar-refractivity contribution in [3.05, 3.63) is 22.4 Å². The summed E-state index contributed by atoms with van der Waals surface area (Å²) >= 11 is 6.50. The van der Waals surface area contributed by atoms with Crippen molar-refractivity contribution in [1.29, 1.82) is 0 Å². The number of rotatable bonds is 3. The molecule has 0 aliphatic heterocycles. The SMILES string of the molecule is S=CCCc1cccs1.